The average Bonchev–Trinajstić information content (AvgIpc) is 2.41. The molecule has 2 aromatic heterocycles. The second-order valence-electron chi connectivity index (χ2n) is 3.59. The van der Waals surface area contributed by atoms with E-state index in [1.807, 2.05) is 30.3 Å². The van der Waals surface area contributed by atoms with E-state index in [4.69, 9.17) is 16.3 Å². The molecule has 3 rings (SSSR count). The lowest BCUT2D eigenvalue weighted by molar-refractivity contribution is 0.486. The number of hydrogen-bond donors (Lipinski definition) is 0. The highest BCUT2D eigenvalue weighted by atomic mass is 35.5. The third kappa shape index (κ3) is 2.10. The summed E-state index contributed by atoms with van der Waals surface area (Å²) in [7, 11) is 0. The Morgan fingerprint density at radius 2 is 1.83 bits per heavy atom. The molecule has 1 aromatic carbocycles. The first kappa shape index (κ1) is 10.9. The summed E-state index contributed by atoms with van der Waals surface area (Å²) in [5.41, 5.74) is 1.06. The van der Waals surface area contributed by atoms with Crippen LogP contribution < -0.4 is 4.74 Å². The standard InChI is InChI=1S/C13H8ClN3O/c14-11-8-16-13-12(17-11)10(6-7-15-13)18-9-4-2-1-3-5-9/h1-8H. The number of halogens is 1. The molecule has 5 heteroatoms. The third-order valence-corrected chi connectivity index (χ3v) is 2.53. The molecule has 0 atom stereocenters. The van der Waals surface area contributed by atoms with Gasteiger partial charge in [0.1, 0.15) is 10.9 Å². The van der Waals surface area contributed by atoms with E-state index in [2.05, 4.69) is 15.0 Å². The fraction of sp³-hybridized carbons (Fsp3) is 0. The molecule has 0 saturated carbocycles. The lowest BCUT2D eigenvalue weighted by Gasteiger charge is -2.07. The smallest absolute Gasteiger partial charge is 0.182 e. The van der Waals surface area contributed by atoms with Gasteiger partial charge in [-0.2, -0.15) is 0 Å². The number of hydrogen-bond acceptors (Lipinski definition) is 4. The Kier molecular flexibility index (Phi) is 2.78. The van der Waals surface area contributed by atoms with Gasteiger partial charge in [0.05, 0.1) is 6.20 Å². The summed E-state index contributed by atoms with van der Waals surface area (Å²) in [5.74, 6) is 1.31. The summed E-state index contributed by atoms with van der Waals surface area (Å²) in [6, 6.07) is 11.2. The Bertz CT molecular complexity index is 688. The van der Waals surface area contributed by atoms with Crippen LogP contribution in [0.5, 0.6) is 11.5 Å². The van der Waals surface area contributed by atoms with Gasteiger partial charge in [0.2, 0.25) is 0 Å². The quantitative estimate of drug-likeness (QED) is 0.705. The molecule has 4 nitrogen and oxygen atoms in total. The normalized spacial score (nSPS) is 10.5. The molecular formula is C13H8ClN3O. The molecule has 0 aliphatic rings. The summed E-state index contributed by atoms with van der Waals surface area (Å²) >= 11 is 5.84. The van der Waals surface area contributed by atoms with E-state index in [1.165, 1.54) is 6.20 Å². The van der Waals surface area contributed by atoms with Crippen LogP contribution in [0.2, 0.25) is 5.15 Å². The number of aromatic nitrogens is 3. The first-order chi connectivity index (χ1) is 8.83. The van der Waals surface area contributed by atoms with E-state index in [1.54, 1.807) is 12.3 Å². The van der Waals surface area contributed by atoms with Crippen LogP contribution in [0.3, 0.4) is 0 Å². The number of rotatable bonds is 2. The molecule has 2 heterocycles. The molecule has 0 spiro atoms. The molecule has 3 aromatic rings. The second-order valence-corrected chi connectivity index (χ2v) is 3.98. The minimum absolute atomic E-state index is 0.313. The van der Waals surface area contributed by atoms with Crippen molar-refractivity contribution in [2.45, 2.75) is 0 Å². The maximum absolute atomic E-state index is 5.84. The topological polar surface area (TPSA) is 47.9 Å². The fourth-order valence-electron chi connectivity index (χ4n) is 1.57. The van der Waals surface area contributed by atoms with Gasteiger partial charge in [-0.1, -0.05) is 29.8 Å². The zero-order valence-electron chi connectivity index (χ0n) is 9.25. The van der Waals surface area contributed by atoms with Gasteiger partial charge in [-0.05, 0) is 12.1 Å². The lowest BCUT2D eigenvalue weighted by Crippen LogP contribution is -1.92. The Morgan fingerprint density at radius 3 is 2.67 bits per heavy atom. The zero-order chi connectivity index (χ0) is 12.4. The first-order valence-corrected chi connectivity index (χ1v) is 5.71. The largest absolute Gasteiger partial charge is 0.455 e. The Labute approximate surface area is 108 Å². The average molecular weight is 258 g/mol. The molecule has 0 N–H and O–H groups in total. The number of benzene rings is 1. The number of pyridine rings is 1. The molecule has 0 aliphatic carbocycles. The van der Waals surface area contributed by atoms with Crippen molar-refractivity contribution in [3.05, 3.63) is 53.9 Å². The van der Waals surface area contributed by atoms with Gasteiger partial charge in [0.15, 0.2) is 16.9 Å². The van der Waals surface area contributed by atoms with Crippen molar-refractivity contribution in [2.75, 3.05) is 0 Å². The Balaban J connectivity index is 2.09. The van der Waals surface area contributed by atoms with Crippen molar-refractivity contribution in [3.8, 4) is 11.5 Å². The minimum atomic E-state index is 0.313. The van der Waals surface area contributed by atoms with Gasteiger partial charge in [0.25, 0.3) is 0 Å². The van der Waals surface area contributed by atoms with E-state index in [9.17, 15) is 0 Å². The number of fused-ring (bicyclic) bond motifs is 1. The number of para-hydroxylation sites is 1. The molecule has 18 heavy (non-hydrogen) atoms. The van der Waals surface area contributed by atoms with Gasteiger partial charge in [-0.3, -0.25) is 0 Å². The summed E-state index contributed by atoms with van der Waals surface area (Å²) in [4.78, 5) is 12.4. The lowest BCUT2D eigenvalue weighted by atomic mass is 10.3. The van der Waals surface area contributed by atoms with Gasteiger partial charge in [0, 0.05) is 12.3 Å². The SMILES string of the molecule is Clc1cnc2nccc(Oc3ccccc3)c2n1. The molecule has 0 bridgehead atoms. The van der Waals surface area contributed by atoms with Gasteiger partial charge >= 0.3 is 0 Å². The fourth-order valence-corrected chi connectivity index (χ4v) is 1.71. The van der Waals surface area contributed by atoms with Crippen molar-refractivity contribution in [1.82, 2.24) is 15.0 Å². The van der Waals surface area contributed by atoms with Crippen molar-refractivity contribution in [3.63, 3.8) is 0 Å². The van der Waals surface area contributed by atoms with E-state index < -0.39 is 0 Å². The maximum Gasteiger partial charge on any atom is 0.182 e. The monoisotopic (exact) mass is 257 g/mol. The van der Waals surface area contributed by atoms with Crippen LogP contribution in [0.25, 0.3) is 11.2 Å². The summed E-state index contributed by atoms with van der Waals surface area (Å²) in [6.45, 7) is 0. The van der Waals surface area contributed by atoms with Gasteiger partial charge in [-0.25, -0.2) is 15.0 Å². The molecule has 0 aliphatic heterocycles. The molecule has 0 saturated heterocycles. The summed E-state index contributed by atoms with van der Waals surface area (Å²) in [6.07, 6.45) is 3.09. The molecule has 0 unspecified atom stereocenters. The van der Waals surface area contributed by atoms with Crippen LogP contribution in [0.15, 0.2) is 48.8 Å². The predicted octanol–water partition coefficient (Wildman–Crippen LogP) is 3.47. The van der Waals surface area contributed by atoms with Crippen LogP contribution in [0.1, 0.15) is 0 Å². The molecule has 0 fully saturated rings. The first-order valence-electron chi connectivity index (χ1n) is 5.33. The molecule has 0 amide bonds. The van der Waals surface area contributed by atoms with Crippen LogP contribution in [-0.4, -0.2) is 15.0 Å². The number of nitrogens with zero attached hydrogens (tertiary/aromatic N) is 3. The molecular weight excluding hydrogens is 250 g/mol. The van der Waals surface area contributed by atoms with Crippen molar-refractivity contribution in [2.24, 2.45) is 0 Å². The van der Waals surface area contributed by atoms with Gasteiger partial charge in [-0.15, -0.1) is 0 Å². The van der Waals surface area contributed by atoms with Crippen LogP contribution in [-0.2, 0) is 0 Å². The third-order valence-electron chi connectivity index (χ3n) is 2.35. The van der Waals surface area contributed by atoms with Gasteiger partial charge < -0.3 is 4.74 Å². The highest BCUT2D eigenvalue weighted by molar-refractivity contribution is 6.29. The van der Waals surface area contributed by atoms with Crippen molar-refractivity contribution in [1.29, 1.82) is 0 Å². The van der Waals surface area contributed by atoms with Crippen molar-refractivity contribution >= 4 is 22.8 Å². The zero-order valence-corrected chi connectivity index (χ0v) is 10.0. The van der Waals surface area contributed by atoms with Crippen LogP contribution >= 0.6 is 11.6 Å². The highest BCUT2D eigenvalue weighted by Crippen LogP contribution is 2.26. The highest BCUT2D eigenvalue weighted by Gasteiger charge is 2.07. The predicted molar refractivity (Wildman–Crippen MR) is 68.9 cm³/mol. The Morgan fingerprint density at radius 1 is 1.00 bits per heavy atom. The maximum atomic E-state index is 5.84. The van der Waals surface area contributed by atoms with Crippen LogP contribution in [0, 0.1) is 0 Å². The van der Waals surface area contributed by atoms with E-state index in [-0.39, 0.29) is 0 Å². The Hall–Kier alpha value is -2.20. The van der Waals surface area contributed by atoms with E-state index >= 15 is 0 Å². The molecule has 88 valence electrons. The van der Waals surface area contributed by atoms with Crippen molar-refractivity contribution < 1.29 is 4.74 Å². The van der Waals surface area contributed by atoms with Crippen LogP contribution in [0.4, 0.5) is 0 Å². The van der Waals surface area contributed by atoms with E-state index in [0.717, 1.165) is 5.75 Å². The summed E-state index contributed by atoms with van der Waals surface area (Å²) in [5, 5.41) is 0.313. The summed E-state index contributed by atoms with van der Waals surface area (Å²) < 4.78 is 5.75. The molecule has 0 radical (unpaired) electrons. The van der Waals surface area contributed by atoms with E-state index in [0.29, 0.717) is 22.1 Å². The number of ether oxygens (including phenoxy) is 1. The minimum Gasteiger partial charge on any atom is -0.455 e. The second kappa shape index (κ2) is 4.58.